The van der Waals surface area contributed by atoms with Crippen LogP contribution in [0.15, 0.2) is 48.7 Å². The summed E-state index contributed by atoms with van der Waals surface area (Å²) < 4.78 is 0. The molecule has 82 valence electrons. The van der Waals surface area contributed by atoms with E-state index in [-0.39, 0.29) is 0 Å². The Morgan fingerprint density at radius 3 is 2.62 bits per heavy atom. The van der Waals surface area contributed by atoms with Crippen molar-refractivity contribution in [1.29, 1.82) is 0 Å². The van der Waals surface area contributed by atoms with Gasteiger partial charge in [-0.25, -0.2) is 0 Å². The second kappa shape index (κ2) is 5.28. The molecule has 3 nitrogen and oxygen atoms in total. The lowest BCUT2D eigenvalue weighted by molar-refractivity contribution is 0.939. The molecule has 1 aromatic heterocycles. The fraction of sp³-hybridized carbons (Fsp3) is 0.154. The van der Waals surface area contributed by atoms with Crippen LogP contribution in [0.4, 0.5) is 5.69 Å². The van der Waals surface area contributed by atoms with Gasteiger partial charge in [0.25, 0.3) is 0 Å². The molecule has 3 heteroatoms. The van der Waals surface area contributed by atoms with Crippen LogP contribution in [0.1, 0.15) is 11.3 Å². The summed E-state index contributed by atoms with van der Waals surface area (Å²) in [6, 6.07) is 14.1. The topological polar surface area (TPSA) is 50.9 Å². The Labute approximate surface area is 95.3 Å². The van der Waals surface area contributed by atoms with Gasteiger partial charge in [0, 0.05) is 25.0 Å². The van der Waals surface area contributed by atoms with Crippen LogP contribution >= 0.6 is 0 Å². The SMILES string of the molecule is NCc1ncccc1CNc1ccccc1. The molecule has 16 heavy (non-hydrogen) atoms. The van der Waals surface area contributed by atoms with E-state index in [4.69, 9.17) is 5.73 Å². The molecule has 2 rings (SSSR count). The van der Waals surface area contributed by atoms with Crippen molar-refractivity contribution in [2.45, 2.75) is 13.1 Å². The summed E-state index contributed by atoms with van der Waals surface area (Å²) in [4.78, 5) is 4.24. The first-order chi connectivity index (χ1) is 7.90. The van der Waals surface area contributed by atoms with Gasteiger partial charge in [-0.2, -0.15) is 0 Å². The van der Waals surface area contributed by atoms with Crippen LogP contribution in [0.5, 0.6) is 0 Å². The summed E-state index contributed by atoms with van der Waals surface area (Å²) in [6.45, 7) is 1.23. The van der Waals surface area contributed by atoms with Crippen LogP contribution in [-0.2, 0) is 13.1 Å². The van der Waals surface area contributed by atoms with E-state index in [9.17, 15) is 0 Å². The van der Waals surface area contributed by atoms with E-state index in [0.29, 0.717) is 6.54 Å². The lowest BCUT2D eigenvalue weighted by Crippen LogP contribution is -2.08. The molecule has 0 unspecified atom stereocenters. The fourth-order valence-corrected chi connectivity index (χ4v) is 1.57. The maximum absolute atomic E-state index is 5.63. The number of hydrogen-bond donors (Lipinski definition) is 2. The zero-order chi connectivity index (χ0) is 11.2. The van der Waals surface area contributed by atoms with Gasteiger partial charge in [-0.1, -0.05) is 24.3 Å². The lowest BCUT2D eigenvalue weighted by atomic mass is 10.2. The number of hydrogen-bond acceptors (Lipinski definition) is 3. The number of pyridine rings is 1. The van der Waals surface area contributed by atoms with Gasteiger partial charge in [0.05, 0.1) is 5.69 Å². The molecule has 1 heterocycles. The summed E-state index contributed by atoms with van der Waals surface area (Å²) in [5.74, 6) is 0. The summed E-state index contributed by atoms with van der Waals surface area (Å²) in [7, 11) is 0. The number of rotatable bonds is 4. The highest BCUT2D eigenvalue weighted by molar-refractivity contribution is 5.43. The van der Waals surface area contributed by atoms with Gasteiger partial charge >= 0.3 is 0 Å². The standard InChI is InChI=1S/C13H15N3/c14-9-13-11(5-4-8-15-13)10-16-12-6-2-1-3-7-12/h1-8,16H,9-10,14H2. The van der Waals surface area contributed by atoms with Gasteiger partial charge in [0.1, 0.15) is 0 Å². The van der Waals surface area contributed by atoms with Crippen LogP contribution in [-0.4, -0.2) is 4.98 Å². The van der Waals surface area contributed by atoms with Crippen molar-refractivity contribution in [2.75, 3.05) is 5.32 Å². The third-order valence-corrected chi connectivity index (χ3v) is 2.43. The molecule has 0 aliphatic rings. The molecule has 0 fully saturated rings. The lowest BCUT2D eigenvalue weighted by Gasteiger charge is -2.09. The Hall–Kier alpha value is -1.87. The van der Waals surface area contributed by atoms with E-state index in [1.165, 1.54) is 0 Å². The summed E-state index contributed by atoms with van der Waals surface area (Å²) in [5.41, 5.74) is 8.83. The molecule has 0 spiro atoms. The molecule has 0 atom stereocenters. The van der Waals surface area contributed by atoms with Crippen molar-refractivity contribution in [3.63, 3.8) is 0 Å². The van der Waals surface area contributed by atoms with Gasteiger partial charge in [0.15, 0.2) is 0 Å². The van der Waals surface area contributed by atoms with E-state index >= 15 is 0 Å². The van der Waals surface area contributed by atoms with Gasteiger partial charge in [-0.15, -0.1) is 0 Å². The monoisotopic (exact) mass is 213 g/mol. The molecule has 0 amide bonds. The molecule has 0 saturated heterocycles. The second-order valence-corrected chi connectivity index (χ2v) is 3.53. The molecule has 0 aliphatic heterocycles. The Morgan fingerprint density at radius 1 is 1.06 bits per heavy atom. The Balaban J connectivity index is 2.05. The van der Waals surface area contributed by atoms with E-state index in [1.807, 2.05) is 42.5 Å². The highest BCUT2D eigenvalue weighted by atomic mass is 14.9. The largest absolute Gasteiger partial charge is 0.381 e. The zero-order valence-electron chi connectivity index (χ0n) is 9.06. The van der Waals surface area contributed by atoms with Crippen molar-refractivity contribution >= 4 is 5.69 Å². The number of nitrogens with two attached hydrogens (primary N) is 1. The van der Waals surface area contributed by atoms with E-state index in [0.717, 1.165) is 23.5 Å². The highest BCUT2D eigenvalue weighted by Gasteiger charge is 2.00. The first-order valence-corrected chi connectivity index (χ1v) is 5.32. The van der Waals surface area contributed by atoms with Crippen molar-refractivity contribution in [2.24, 2.45) is 5.73 Å². The second-order valence-electron chi connectivity index (χ2n) is 3.53. The maximum atomic E-state index is 5.63. The Bertz CT molecular complexity index is 440. The molecular formula is C13H15N3. The summed E-state index contributed by atoms with van der Waals surface area (Å²) in [5, 5.41) is 3.34. The third kappa shape index (κ3) is 2.58. The van der Waals surface area contributed by atoms with Crippen LogP contribution in [0.2, 0.25) is 0 Å². The average molecular weight is 213 g/mol. The molecular weight excluding hydrogens is 198 g/mol. The first-order valence-electron chi connectivity index (χ1n) is 5.32. The number of nitrogens with one attached hydrogen (secondary N) is 1. The average Bonchev–Trinajstić information content (AvgIpc) is 2.38. The third-order valence-electron chi connectivity index (χ3n) is 2.43. The summed E-state index contributed by atoms with van der Waals surface area (Å²) in [6.07, 6.45) is 1.77. The van der Waals surface area contributed by atoms with Gasteiger partial charge in [-0.05, 0) is 23.8 Å². The van der Waals surface area contributed by atoms with Gasteiger partial charge in [0.2, 0.25) is 0 Å². The number of anilines is 1. The first kappa shape index (κ1) is 10.6. The maximum Gasteiger partial charge on any atom is 0.0589 e. The minimum atomic E-state index is 0.479. The quantitative estimate of drug-likeness (QED) is 0.818. The molecule has 1 aromatic carbocycles. The van der Waals surface area contributed by atoms with E-state index in [2.05, 4.69) is 10.3 Å². The number of benzene rings is 1. The number of para-hydroxylation sites is 1. The van der Waals surface area contributed by atoms with Crippen molar-refractivity contribution in [1.82, 2.24) is 4.98 Å². The number of nitrogens with zero attached hydrogens (tertiary/aromatic N) is 1. The minimum Gasteiger partial charge on any atom is -0.381 e. The smallest absolute Gasteiger partial charge is 0.0589 e. The molecule has 3 N–H and O–H groups in total. The van der Waals surface area contributed by atoms with E-state index in [1.54, 1.807) is 6.20 Å². The Kier molecular flexibility index (Phi) is 3.51. The van der Waals surface area contributed by atoms with Crippen molar-refractivity contribution in [3.8, 4) is 0 Å². The van der Waals surface area contributed by atoms with Crippen LogP contribution < -0.4 is 11.1 Å². The normalized spacial score (nSPS) is 10.1. The molecule has 0 radical (unpaired) electrons. The molecule has 0 bridgehead atoms. The fourth-order valence-electron chi connectivity index (χ4n) is 1.57. The molecule has 0 saturated carbocycles. The van der Waals surface area contributed by atoms with Gasteiger partial charge in [-0.3, -0.25) is 4.98 Å². The van der Waals surface area contributed by atoms with Crippen LogP contribution in [0.3, 0.4) is 0 Å². The zero-order valence-corrected chi connectivity index (χ0v) is 9.06. The summed E-state index contributed by atoms with van der Waals surface area (Å²) >= 11 is 0. The minimum absolute atomic E-state index is 0.479. The number of aromatic nitrogens is 1. The molecule has 0 aliphatic carbocycles. The predicted octanol–water partition coefficient (Wildman–Crippen LogP) is 2.15. The van der Waals surface area contributed by atoms with Gasteiger partial charge < -0.3 is 11.1 Å². The van der Waals surface area contributed by atoms with Crippen molar-refractivity contribution in [3.05, 3.63) is 59.9 Å². The highest BCUT2D eigenvalue weighted by Crippen LogP contribution is 2.10. The van der Waals surface area contributed by atoms with Crippen LogP contribution in [0.25, 0.3) is 0 Å². The Morgan fingerprint density at radius 2 is 1.88 bits per heavy atom. The van der Waals surface area contributed by atoms with E-state index < -0.39 is 0 Å². The predicted molar refractivity (Wildman–Crippen MR) is 65.9 cm³/mol. The van der Waals surface area contributed by atoms with Crippen molar-refractivity contribution < 1.29 is 0 Å². The molecule has 2 aromatic rings. The van der Waals surface area contributed by atoms with Crippen LogP contribution in [0, 0.1) is 0 Å².